The van der Waals surface area contributed by atoms with E-state index in [2.05, 4.69) is 6.92 Å². The van der Waals surface area contributed by atoms with Gasteiger partial charge in [0.25, 0.3) is 5.91 Å². The molecule has 1 aromatic carbocycles. The molecule has 3 nitrogen and oxygen atoms in total. The van der Waals surface area contributed by atoms with Gasteiger partial charge in [-0.25, -0.2) is 0 Å². The lowest BCUT2D eigenvalue weighted by atomic mass is 10.1. The summed E-state index contributed by atoms with van der Waals surface area (Å²) >= 11 is 0. The molecule has 1 aliphatic rings. The van der Waals surface area contributed by atoms with Crippen LogP contribution in [0.2, 0.25) is 0 Å². The number of rotatable bonds is 4. The maximum atomic E-state index is 11.9. The van der Waals surface area contributed by atoms with Crippen molar-refractivity contribution >= 4 is 5.91 Å². The van der Waals surface area contributed by atoms with Crippen LogP contribution in [0.4, 0.5) is 0 Å². The first-order valence-electron chi connectivity index (χ1n) is 6.13. The highest BCUT2D eigenvalue weighted by molar-refractivity contribution is 5.94. The fraction of sp³-hybridized carbons (Fsp3) is 0.500. The third kappa shape index (κ3) is 2.78. The second-order valence-electron chi connectivity index (χ2n) is 4.69. The third-order valence-electron chi connectivity index (χ3n) is 2.92. The van der Waals surface area contributed by atoms with Gasteiger partial charge in [-0.3, -0.25) is 4.79 Å². The highest BCUT2D eigenvalue weighted by atomic mass is 16.5. The van der Waals surface area contributed by atoms with Crippen molar-refractivity contribution in [2.24, 2.45) is 0 Å². The van der Waals surface area contributed by atoms with Gasteiger partial charge in [0, 0.05) is 19.7 Å². The molecule has 0 aromatic heterocycles. The lowest BCUT2D eigenvalue weighted by molar-refractivity contribution is 0.0827. The first kappa shape index (κ1) is 12.0. The molecule has 0 heterocycles. The van der Waals surface area contributed by atoms with Gasteiger partial charge >= 0.3 is 0 Å². The third-order valence-corrected chi connectivity index (χ3v) is 2.92. The highest BCUT2D eigenvalue weighted by Gasteiger charge is 2.24. The predicted octanol–water partition coefficient (Wildman–Crippen LogP) is 2.49. The van der Waals surface area contributed by atoms with E-state index in [0.717, 1.165) is 25.0 Å². The van der Waals surface area contributed by atoms with Crippen LogP contribution in [0, 0.1) is 0 Å². The molecule has 1 amide bonds. The lowest BCUT2D eigenvalue weighted by Gasteiger charge is -2.14. The van der Waals surface area contributed by atoms with Crippen molar-refractivity contribution in [1.29, 1.82) is 0 Å². The Morgan fingerprint density at radius 3 is 2.65 bits per heavy atom. The van der Waals surface area contributed by atoms with Crippen LogP contribution in [0.1, 0.15) is 35.7 Å². The largest absolute Gasteiger partial charge is 0.490 e. The van der Waals surface area contributed by atoms with Crippen molar-refractivity contribution in [2.75, 3.05) is 14.1 Å². The molecule has 0 unspecified atom stereocenters. The lowest BCUT2D eigenvalue weighted by Crippen LogP contribution is -2.21. The van der Waals surface area contributed by atoms with E-state index in [-0.39, 0.29) is 5.91 Å². The zero-order valence-corrected chi connectivity index (χ0v) is 10.7. The number of amides is 1. The van der Waals surface area contributed by atoms with Gasteiger partial charge in [-0.15, -0.1) is 0 Å². The summed E-state index contributed by atoms with van der Waals surface area (Å²) in [6.07, 6.45) is 3.56. The van der Waals surface area contributed by atoms with Gasteiger partial charge in [0.05, 0.1) is 6.10 Å². The average molecular weight is 233 g/mol. The summed E-state index contributed by atoms with van der Waals surface area (Å²) in [4.78, 5) is 13.5. The predicted molar refractivity (Wildman–Crippen MR) is 67.5 cm³/mol. The first-order chi connectivity index (χ1) is 8.11. The molecule has 0 aliphatic heterocycles. The zero-order valence-electron chi connectivity index (χ0n) is 10.7. The quantitative estimate of drug-likeness (QED) is 0.799. The second-order valence-corrected chi connectivity index (χ2v) is 4.69. The summed E-state index contributed by atoms with van der Waals surface area (Å²) in [5, 5.41) is 0. The molecule has 2 rings (SSSR count). The van der Waals surface area contributed by atoms with Crippen LogP contribution in [-0.4, -0.2) is 31.0 Å². The fourth-order valence-electron chi connectivity index (χ4n) is 1.71. The maximum Gasteiger partial charge on any atom is 0.253 e. The fourth-order valence-corrected chi connectivity index (χ4v) is 1.71. The number of ether oxygens (including phenoxy) is 1. The maximum absolute atomic E-state index is 11.9. The van der Waals surface area contributed by atoms with Crippen LogP contribution in [0.15, 0.2) is 18.2 Å². The Bertz CT molecular complexity index is 422. The monoisotopic (exact) mass is 233 g/mol. The number of hydrogen-bond acceptors (Lipinski definition) is 2. The molecular formula is C14H19NO2. The molecule has 0 spiro atoms. The SMILES string of the molecule is CCc1ccc(C(=O)N(C)C)cc1OC1CC1. The smallest absolute Gasteiger partial charge is 0.253 e. The molecule has 1 fully saturated rings. The Morgan fingerprint density at radius 1 is 1.41 bits per heavy atom. The standard InChI is InChI=1S/C14H19NO2/c1-4-10-5-6-11(14(16)15(2)3)9-13(10)17-12-7-8-12/h5-6,9,12H,4,7-8H2,1-3H3. The van der Waals surface area contributed by atoms with Crippen LogP contribution in [-0.2, 0) is 6.42 Å². The van der Waals surface area contributed by atoms with Gasteiger partial charge in [-0.1, -0.05) is 13.0 Å². The van der Waals surface area contributed by atoms with Crippen molar-refractivity contribution in [3.05, 3.63) is 29.3 Å². The molecule has 0 atom stereocenters. The molecule has 0 bridgehead atoms. The Morgan fingerprint density at radius 2 is 2.12 bits per heavy atom. The van der Waals surface area contributed by atoms with Gasteiger partial charge in [-0.05, 0) is 37.0 Å². The van der Waals surface area contributed by atoms with E-state index in [1.165, 1.54) is 5.56 Å². The number of carbonyl (C=O) groups excluding carboxylic acids is 1. The topological polar surface area (TPSA) is 29.5 Å². The van der Waals surface area contributed by atoms with Crippen LogP contribution in [0.25, 0.3) is 0 Å². The second kappa shape index (κ2) is 4.78. The van der Waals surface area contributed by atoms with E-state index in [4.69, 9.17) is 4.74 Å². The van der Waals surface area contributed by atoms with Crippen LogP contribution < -0.4 is 4.74 Å². The van der Waals surface area contributed by atoms with Crippen LogP contribution in [0.5, 0.6) is 5.75 Å². The summed E-state index contributed by atoms with van der Waals surface area (Å²) in [7, 11) is 3.52. The summed E-state index contributed by atoms with van der Waals surface area (Å²) < 4.78 is 5.85. The van der Waals surface area contributed by atoms with E-state index >= 15 is 0 Å². The summed E-state index contributed by atoms with van der Waals surface area (Å²) in [5.41, 5.74) is 1.87. The average Bonchev–Trinajstić information content (AvgIpc) is 3.11. The van der Waals surface area contributed by atoms with Crippen LogP contribution in [0.3, 0.4) is 0 Å². The van der Waals surface area contributed by atoms with Gasteiger partial charge in [0.2, 0.25) is 0 Å². The Hall–Kier alpha value is -1.51. The number of carbonyl (C=O) groups is 1. The molecular weight excluding hydrogens is 214 g/mol. The van der Waals surface area contributed by atoms with Gasteiger partial charge in [0.1, 0.15) is 5.75 Å². The van der Waals surface area contributed by atoms with Crippen molar-refractivity contribution in [3.8, 4) is 5.75 Å². The van der Waals surface area contributed by atoms with Gasteiger partial charge in [0.15, 0.2) is 0 Å². The molecule has 92 valence electrons. The summed E-state index contributed by atoms with van der Waals surface area (Å²) in [6.45, 7) is 2.10. The van der Waals surface area contributed by atoms with Gasteiger partial charge in [-0.2, -0.15) is 0 Å². The Balaban J connectivity index is 2.26. The number of aryl methyl sites for hydroxylation is 1. The van der Waals surface area contributed by atoms with Gasteiger partial charge < -0.3 is 9.64 Å². The number of hydrogen-bond donors (Lipinski definition) is 0. The molecule has 1 aromatic rings. The molecule has 3 heteroatoms. The van der Waals surface area contributed by atoms with Crippen molar-refractivity contribution in [1.82, 2.24) is 4.90 Å². The summed E-state index contributed by atoms with van der Waals surface area (Å²) in [5.74, 6) is 0.899. The first-order valence-corrected chi connectivity index (χ1v) is 6.13. The molecule has 17 heavy (non-hydrogen) atoms. The van der Waals surface area contributed by atoms with Crippen molar-refractivity contribution < 1.29 is 9.53 Å². The Kier molecular flexibility index (Phi) is 3.36. The van der Waals surface area contributed by atoms with Crippen molar-refractivity contribution in [3.63, 3.8) is 0 Å². The Labute approximate surface area is 102 Å². The molecule has 1 saturated carbocycles. The van der Waals surface area contributed by atoms with E-state index in [9.17, 15) is 4.79 Å². The minimum absolute atomic E-state index is 0.0216. The molecule has 0 radical (unpaired) electrons. The van der Waals surface area contributed by atoms with E-state index in [0.29, 0.717) is 11.7 Å². The van der Waals surface area contributed by atoms with E-state index in [1.54, 1.807) is 19.0 Å². The van der Waals surface area contributed by atoms with E-state index < -0.39 is 0 Å². The molecule has 1 aliphatic carbocycles. The molecule has 0 saturated heterocycles. The normalized spacial score (nSPS) is 14.5. The summed E-state index contributed by atoms with van der Waals surface area (Å²) in [6, 6.07) is 5.74. The number of benzene rings is 1. The van der Waals surface area contributed by atoms with E-state index in [1.807, 2.05) is 18.2 Å². The van der Waals surface area contributed by atoms with Crippen LogP contribution >= 0.6 is 0 Å². The highest BCUT2D eigenvalue weighted by Crippen LogP contribution is 2.30. The minimum atomic E-state index is 0.0216. The molecule has 0 N–H and O–H groups in total. The zero-order chi connectivity index (χ0) is 12.4. The van der Waals surface area contributed by atoms with Crippen molar-refractivity contribution in [2.45, 2.75) is 32.3 Å². The minimum Gasteiger partial charge on any atom is -0.490 e. The number of nitrogens with zero attached hydrogens (tertiary/aromatic N) is 1.